The molecule has 0 bridgehead atoms. The minimum absolute atomic E-state index is 0.0334. The van der Waals surface area contributed by atoms with Gasteiger partial charge in [0.1, 0.15) is 0 Å². The fourth-order valence-electron chi connectivity index (χ4n) is 1.83. The van der Waals surface area contributed by atoms with Gasteiger partial charge in [-0.05, 0) is 31.0 Å². The normalized spacial score (nSPS) is 10.2. The zero-order chi connectivity index (χ0) is 13.5. The van der Waals surface area contributed by atoms with E-state index in [1.54, 1.807) is 7.11 Å². The van der Waals surface area contributed by atoms with Gasteiger partial charge in [0.05, 0.1) is 0 Å². The third-order valence-electron chi connectivity index (χ3n) is 2.81. The van der Waals surface area contributed by atoms with Gasteiger partial charge in [-0.25, -0.2) is 0 Å². The summed E-state index contributed by atoms with van der Waals surface area (Å²) in [5.41, 5.74) is 3.08. The largest absolute Gasteiger partial charge is 0.385 e. The lowest BCUT2D eigenvalue weighted by Crippen LogP contribution is -2.15. The van der Waals surface area contributed by atoms with Crippen LogP contribution in [0.3, 0.4) is 0 Å². The Bertz CT molecular complexity index is 403. The number of hydrogen-bond donors (Lipinski definition) is 1. The lowest BCUT2D eigenvalue weighted by atomic mass is 10.1. The van der Waals surface area contributed by atoms with Gasteiger partial charge in [0.2, 0.25) is 5.91 Å². The van der Waals surface area contributed by atoms with Gasteiger partial charge in [-0.3, -0.25) is 4.79 Å². The Morgan fingerprint density at radius 2 is 2.11 bits per heavy atom. The summed E-state index contributed by atoms with van der Waals surface area (Å²) in [4.78, 5) is 13.8. The van der Waals surface area contributed by atoms with Crippen molar-refractivity contribution in [2.24, 2.45) is 0 Å². The molecule has 0 aromatic heterocycles. The molecule has 0 radical (unpaired) electrons. The molecule has 0 unspecified atom stereocenters. The predicted octanol–water partition coefficient (Wildman–Crippen LogP) is 2.43. The summed E-state index contributed by atoms with van der Waals surface area (Å²) < 4.78 is 4.93. The molecule has 0 fully saturated rings. The second-order valence-electron chi connectivity index (χ2n) is 4.49. The van der Waals surface area contributed by atoms with E-state index in [-0.39, 0.29) is 5.91 Å². The Hall–Kier alpha value is -1.55. The van der Waals surface area contributed by atoms with E-state index in [4.69, 9.17) is 4.74 Å². The van der Waals surface area contributed by atoms with Gasteiger partial charge in [0.15, 0.2) is 0 Å². The minimum Gasteiger partial charge on any atom is -0.385 e. The van der Waals surface area contributed by atoms with E-state index >= 15 is 0 Å². The van der Waals surface area contributed by atoms with E-state index in [0.717, 1.165) is 23.4 Å². The van der Waals surface area contributed by atoms with Crippen molar-refractivity contribution in [1.29, 1.82) is 0 Å². The molecule has 1 aromatic carbocycles. The second kappa shape index (κ2) is 7.01. The standard InChI is InChI=1S/C14H22N2O2/c1-11-12(7-5-8-13(11)16(2)3)15-14(17)9-6-10-18-4/h5,7-8H,6,9-10H2,1-4H3,(H,15,17). The van der Waals surface area contributed by atoms with Gasteiger partial charge in [-0.1, -0.05) is 6.07 Å². The molecule has 0 atom stereocenters. The maximum absolute atomic E-state index is 11.7. The molecule has 4 nitrogen and oxygen atoms in total. The number of carbonyl (C=O) groups excluding carboxylic acids is 1. The van der Waals surface area contributed by atoms with Crippen LogP contribution >= 0.6 is 0 Å². The lowest BCUT2D eigenvalue weighted by Gasteiger charge is -2.18. The molecular weight excluding hydrogens is 228 g/mol. The van der Waals surface area contributed by atoms with Crippen LogP contribution in [-0.2, 0) is 9.53 Å². The monoisotopic (exact) mass is 250 g/mol. The van der Waals surface area contributed by atoms with E-state index in [9.17, 15) is 4.79 Å². The summed E-state index contributed by atoms with van der Waals surface area (Å²) in [7, 11) is 5.63. The highest BCUT2D eigenvalue weighted by Crippen LogP contribution is 2.25. The molecule has 18 heavy (non-hydrogen) atoms. The van der Waals surface area contributed by atoms with Crippen molar-refractivity contribution >= 4 is 17.3 Å². The first-order valence-corrected chi connectivity index (χ1v) is 6.12. The van der Waals surface area contributed by atoms with Crippen molar-refractivity contribution in [3.63, 3.8) is 0 Å². The first-order chi connectivity index (χ1) is 8.56. The minimum atomic E-state index is 0.0334. The van der Waals surface area contributed by atoms with Gasteiger partial charge in [-0.2, -0.15) is 0 Å². The molecule has 0 aliphatic rings. The van der Waals surface area contributed by atoms with Gasteiger partial charge < -0.3 is 15.0 Å². The summed E-state index contributed by atoms with van der Waals surface area (Å²) >= 11 is 0. The van der Waals surface area contributed by atoms with Crippen molar-refractivity contribution < 1.29 is 9.53 Å². The molecule has 0 saturated heterocycles. The van der Waals surface area contributed by atoms with Crippen LogP contribution in [0, 0.1) is 6.92 Å². The van der Waals surface area contributed by atoms with Crippen LogP contribution in [0.1, 0.15) is 18.4 Å². The predicted molar refractivity (Wildman–Crippen MR) is 75.2 cm³/mol. The Labute approximate surface area is 109 Å². The van der Waals surface area contributed by atoms with E-state index in [1.165, 1.54) is 0 Å². The molecule has 0 saturated carbocycles. The van der Waals surface area contributed by atoms with E-state index < -0.39 is 0 Å². The zero-order valence-electron chi connectivity index (χ0n) is 11.6. The van der Waals surface area contributed by atoms with Gasteiger partial charge in [0.25, 0.3) is 0 Å². The number of amides is 1. The van der Waals surface area contributed by atoms with Crippen molar-refractivity contribution in [3.8, 4) is 0 Å². The summed E-state index contributed by atoms with van der Waals surface area (Å²) in [5.74, 6) is 0.0334. The smallest absolute Gasteiger partial charge is 0.224 e. The Morgan fingerprint density at radius 3 is 2.72 bits per heavy atom. The number of anilines is 2. The Morgan fingerprint density at radius 1 is 1.39 bits per heavy atom. The van der Waals surface area contributed by atoms with Crippen LogP contribution in [0.2, 0.25) is 0 Å². The number of nitrogens with one attached hydrogen (secondary N) is 1. The number of rotatable bonds is 6. The van der Waals surface area contributed by atoms with Crippen molar-refractivity contribution in [2.75, 3.05) is 38.0 Å². The lowest BCUT2D eigenvalue weighted by molar-refractivity contribution is -0.116. The van der Waals surface area contributed by atoms with Gasteiger partial charge >= 0.3 is 0 Å². The van der Waals surface area contributed by atoms with Crippen LogP contribution in [0.4, 0.5) is 11.4 Å². The number of carbonyl (C=O) groups is 1. The quantitative estimate of drug-likeness (QED) is 0.788. The van der Waals surface area contributed by atoms with E-state index in [2.05, 4.69) is 5.32 Å². The summed E-state index contributed by atoms with van der Waals surface area (Å²) in [5, 5.41) is 2.94. The average Bonchev–Trinajstić information content (AvgIpc) is 2.32. The SMILES string of the molecule is COCCCC(=O)Nc1cccc(N(C)C)c1C. The molecule has 1 aromatic rings. The van der Waals surface area contributed by atoms with Gasteiger partial charge in [-0.15, -0.1) is 0 Å². The van der Waals surface area contributed by atoms with E-state index in [1.807, 2.05) is 44.1 Å². The molecule has 4 heteroatoms. The number of nitrogens with zero attached hydrogens (tertiary/aromatic N) is 1. The van der Waals surface area contributed by atoms with Crippen molar-refractivity contribution in [3.05, 3.63) is 23.8 Å². The second-order valence-corrected chi connectivity index (χ2v) is 4.49. The Balaban J connectivity index is 2.67. The topological polar surface area (TPSA) is 41.6 Å². The van der Waals surface area contributed by atoms with Gasteiger partial charge in [0, 0.05) is 45.6 Å². The molecule has 1 N–H and O–H groups in total. The van der Waals surface area contributed by atoms with Crippen LogP contribution < -0.4 is 10.2 Å². The molecule has 1 rings (SSSR count). The third kappa shape index (κ3) is 4.04. The zero-order valence-corrected chi connectivity index (χ0v) is 11.6. The van der Waals surface area contributed by atoms with Crippen LogP contribution in [0.15, 0.2) is 18.2 Å². The number of hydrogen-bond acceptors (Lipinski definition) is 3. The maximum Gasteiger partial charge on any atom is 0.224 e. The molecule has 1 amide bonds. The fraction of sp³-hybridized carbons (Fsp3) is 0.500. The molecule has 100 valence electrons. The maximum atomic E-state index is 11.7. The van der Waals surface area contributed by atoms with Crippen LogP contribution in [-0.4, -0.2) is 33.7 Å². The summed E-state index contributed by atoms with van der Waals surface area (Å²) in [6.07, 6.45) is 1.23. The average molecular weight is 250 g/mol. The molecule has 0 aliphatic carbocycles. The fourth-order valence-corrected chi connectivity index (χ4v) is 1.83. The van der Waals surface area contributed by atoms with Crippen LogP contribution in [0.25, 0.3) is 0 Å². The van der Waals surface area contributed by atoms with Crippen molar-refractivity contribution in [1.82, 2.24) is 0 Å². The van der Waals surface area contributed by atoms with Crippen molar-refractivity contribution in [2.45, 2.75) is 19.8 Å². The summed E-state index contributed by atoms with van der Waals surface area (Å²) in [6.45, 7) is 2.63. The highest BCUT2D eigenvalue weighted by atomic mass is 16.5. The number of ether oxygens (including phenoxy) is 1. The van der Waals surface area contributed by atoms with Crippen LogP contribution in [0.5, 0.6) is 0 Å². The first-order valence-electron chi connectivity index (χ1n) is 6.12. The molecule has 0 spiro atoms. The highest BCUT2D eigenvalue weighted by molar-refractivity contribution is 5.92. The molecular formula is C14H22N2O2. The molecule has 0 heterocycles. The third-order valence-corrected chi connectivity index (χ3v) is 2.81. The summed E-state index contributed by atoms with van der Waals surface area (Å²) in [6, 6.07) is 5.92. The molecule has 0 aliphatic heterocycles. The number of benzene rings is 1. The van der Waals surface area contributed by atoms with E-state index in [0.29, 0.717) is 13.0 Å². The highest BCUT2D eigenvalue weighted by Gasteiger charge is 2.08. The Kier molecular flexibility index (Phi) is 5.65. The number of methoxy groups -OCH3 is 1. The first kappa shape index (κ1) is 14.5.